The molecule has 0 aliphatic carbocycles. The summed E-state index contributed by atoms with van der Waals surface area (Å²) in [6.07, 6.45) is 2.02. The Morgan fingerprint density at radius 2 is 0.767 bits per heavy atom. The van der Waals surface area contributed by atoms with Crippen molar-refractivity contribution in [3.8, 4) is 44.6 Å². The maximum absolute atomic E-state index is 4.99. The minimum atomic E-state index is 1.00. The number of rotatable bonds is 4. The first-order valence-corrected chi connectivity index (χ1v) is 10.2. The van der Waals surface area contributed by atoms with Gasteiger partial charge in [-0.15, -0.1) is 0 Å². The van der Waals surface area contributed by atoms with Gasteiger partial charge in [0.1, 0.15) is 0 Å². The standard InChI is InChI=1S/C29H21N/c1-5-13-22(14-6-1)26-21-30-29(25-19-11-4-12-20-25)28(24-17-9-3-10-18-24)27(26)23-15-7-2-8-16-23/h1-21H. The van der Waals surface area contributed by atoms with Crippen LogP contribution in [0.5, 0.6) is 0 Å². The van der Waals surface area contributed by atoms with Gasteiger partial charge in [0.25, 0.3) is 0 Å². The molecule has 0 saturated carbocycles. The number of benzene rings is 4. The van der Waals surface area contributed by atoms with Gasteiger partial charge in [-0.3, -0.25) is 4.98 Å². The van der Waals surface area contributed by atoms with E-state index in [2.05, 4.69) is 115 Å². The van der Waals surface area contributed by atoms with E-state index in [0.717, 1.165) is 22.4 Å². The molecule has 1 heteroatoms. The summed E-state index contributed by atoms with van der Waals surface area (Å²) in [4.78, 5) is 4.99. The first-order valence-electron chi connectivity index (χ1n) is 10.2. The summed E-state index contributed by atoms with van der Waals surface area (Å²) in [7, 11) is 0. The number of nitrogens with zero attached hydrogens (tertiary/aromatic N) is 1. The summed E-state index contributed by atoms with van der Waals surface area (Å²) in [5, 5.41) is 0. The Balaban J connectivity index is 1.91. The Kier molecular flexibility index (Phi) is 4.93. The third kappa shape index (κ3) is 3.42. The van der Waals surface area contributed by atoms with E-state index >= 15 is 0 Å². The third-order valence-electron chi connectivity index (χ3n) is 5.34. The van der Waals surface area contributed by atoms with Crippen LogP contribution in [0.2, 0.25) is 0 Å². The van der Waals surface area contributed by atoms with Gasteiger partial charge in [-0.05, 0) is 16.7 Å². The molecule has 1 aromatic heterocycles. The lowest BCUT2D eigenvalue weighted by molar-refractivity contribution is 1.32. The molecule has 1 nitrogen and oxygen atoms in total. The summed E-state index contributed by atoms with van der Waals surface area (Å²) >= 11 is 0. The molecule has 0 amide bonds. The van der Waals surface area contributed by atoms with Gasteiger partial charge in [0.05, 0.1) is 5.69 Å². The van der Waals surface area contributed by atoms with Gasteiger partial charge in [-0.2, -0.15) is 0 Å². The molecule has 30 heavy (non-hydrogen) atoms. The van der Waals surface area contributed by atoms with Crippen LogP contribution in [0.15, 0.2) is 128 Å². The van der Waals surface area contributed by atoms with Gasteiger partial charge in [-0.25, -0.2) is 0 Å². The van der Waals surface area contributed by atoms with Crippen LogP contribution < -0.4 is 0 Å². The average molecular weight is 383 g/mol. The SMILES string of the molecule is c1ccc(-c2cnc(-c3ccccc3)c(-c3ccccc3)c2-c2ccccc2)cc1. The van der Waals surface area contributed by atoms with Crippen molar-refractivity contribution >= 4 is 0 Å². The van der Waals surface area contributed by atoms with Crippen molar-refractivity contribution in [1.82, 2.24) is 4.98 Å². The molecular formula is C29H21N. The van der Waals surface area contributed by atoms with Crippen LogP contribution in [0.3, 0.4) is 0 Å². The summed E-state index contributed by atoms with van der Waals surface area (Å²) in [6.45, 7) is 0. The predicted molar refractivity (Wildman–Crippen MR) is 126 cm³/mol. The second-order valence-electron chi connectivity index (χ2n) is 7.23. The van der Waals surface area contributed by atoms with Gasteiger partial charge in [-0.1, -0.05) is 121 Å². The molecule has 0 aliphatic rings. The van der Waals surface area contributed by atoms with Crippen LogP contribution >= 0.6 is 0 Å². The van der Waals surface area contributed by atoms with Gasteiger partial charge < -0.3 is 0 Å². The van der Waals surface area contributed by atoms with Crippen molar-refractivity contribution in [1.29, 1.82) is 0 Å². The fourth-order valence-electron chi connectivity index (χ4n) is 3.95. The highest BCUT2D eigenvalue weighted by Gasteiger charge is 2.19. The first kappa shape index (κ1) is 18.1. The van der Waals surface area contributed by atoms with E-state index in [-0.39, 0.29) is 0 Å². The average Bonchev–Trinajstić information content (AvgIpc) is 2.85. The van der Waals surface area contributed by atoms with Crippen LogP contribution in [0.25, 0.3) is 44.6 Å². The largest absolute Gasteiger partial charge is 0.255 e. The van der Waals surface area contributed by atoms with Crippen LogP contribution in [0, 0.1) is 0 Å². The lowest BCUT2D eigenvalue weighted by Gasteiger charge is -2.19. The summed E-state index contributed by atoms with van der Waals surface area (Å²) in [6, 6.07) is 42.2. The molecule has 0 radical (unpaired) electrons. The number of aromatic nitrogens is 1. The van der Waals surface area contributed by atoms with Crippen LogP contribution in [0.1, 0.15) is 0 Å². The van der Waals surface area contributed by atoms with Crippen molar-refractivity contribution in [3.63, 3.8) is 0 Å². The zero-order chi connectivity index (χ0) is 20.2. The zero-order valence-electron chi connectivity index (χ0n) is 16.6. The summed E-state index contributed by atoms with van der Waals surface area (Å²) in [5.74, 6) is 0. The number of pyridine rings is 1. The lowest BCUT2D eigenvalue weighted by atomic mass is 9.86. The Bertz CT molecular complexity index is 1140. The second-order valence-corrected chi connectivity index (χ2v) is 7.23. The van der Waals surface area contributed by atoms with Crippen molar-refractivity contribution < 1.29 is 0 Å². The fraction of sp³-hybridized carbons (Fsp3) is 0. The quantitative estimate of drug-likeness (QED) is 0.309. The molecule has 0 bridgehead atoms. The van der Waals surface area contributed by atoms with E-state index in [1.807, 2.05) is 12.3 Å². The molecule has 0 atom stereocenters. The third-order valence-corrected chi connectivity index (χ3v) is 5.34. The van der Waals surface area contributed by atoms with Gasteiger partial charge in [0.2, 0.25) is 0 Å². The Hall–Kier alpha value is -3.97. The van der Waals surface area contributed by atoms with Crippen molar-refractivity contribution in [2.45, 2.75) is 0 Å². The molecular weight excluding hydrogens is 362 g/mol. The highest BCUT2D eigenvalue weighted by molar-refractivity contribution is 5.99. The molecule has 0 unspecified atom stereocenters. The first-order chi connectivity index (χ1) is 14.9. The monoisotopic (exact) mass is 383 g/mol. The Morgan fingerprint density at radius 3 is 1.27 bits per heavy atom. The molecule has 5 aromatic rings. The van der Waals surface area contributed by atoms with E-state index in [0.29, 0.717) is 0 Å². The fourth-order valence-corrected chi connectivity index (χ4v) is 3.95. The molecule has 0 spiro atoms. The lowest BCUT2D eigenvalue weighted by Crippen LogP contribution is -1.97. The topological polar surface area (TPSA) is 12.9 Å². The molecule has 0 N–H and O–H groups in total. The molecule has 4 aromatic carbocycles. The van der Waals surface area contributed by atoms with Crippen molar-refractivity contribution in [2.75, 3.05) is 0 Å². The number of hydrogen-bond donors (Lipinski definition) is 0. The predicted octanol–water partition coefficient (Wildman–Crippen LogP) is 7.75. The van der Waals surface area contributed by atoms with E-state index in [1.165, 1.54) is 22.3 Å². The molecule has 142 valence electrons. The molecule has 1 heterocycles. The second kappa shape index (κ2) is 8.18. The zero-order valence-corrected chi connectivity index (χ0v) is 16.6. The van der Waals surface area contributed by atoms with Crippen molar-refractivity contribution in [3.05, 3.63) is 128 Å². The Morgan fingerprint density at radius 1 is 0.367 bits per heavy atom. The highest BCUT2D eigenvalue weighted by atomic mass is 14.7. The smallest absolute Gasteiger partial charge is 0.0787 e. The molecule has 0 fully saturated rings. The minimum Gasteiger partial charge on any atom is -0.255 e. The van der Waals surface area contributed by atoms with Gasteiger partial charge in [0.15, 0.2) is 0 Å². The van der Waals surface area contributed by atoms with Gasteiger partial charge in [0, 0.05) is 28.5 Å². The van der Waals surface area contributed by atoms with E-state index in [1.54, 1.807) is 0 Å². The number of hydrogen-bond acceptors (Lipinski definition) is 1. The maximum atomic E-state index is 4.99. The minimum absolute atomic E-state index is 1.00. The van der Waals surface area contributed by atoms with Crippen LogP contribution in [0.4, 0.5) is 0 Å². The molecule has 0 aliphatic heterocycles. The Labute approximate surface area is 177 Å². The summed E-state index contributed by atoms with van der Waals surface area (Å²) < 4.78 is 0. The summed E-state index contributed by atoms with van der Waals surface area (Å²) in [5.41, 5.74) is 9.15. The molecule has 0 saturated heterocycles. The molecule has 5 rings (SSSR count). The van der Waals surface area contributed by atoms with Crippen molar-refractivity contribution in [2.24, 2.45) is 0 Å². The maximum Gasteiger partial charge on any atom is 0.0787 e. The van der Waals surface area contributed by atoms with Gasteiger partial charge >= 0.3 is 0 Å². The highest BCUT2D eigenvalue weighted by Crippen LogP contribution is 2.44. The van der Waals surface area contributed by atoms with Crippen LogP contribution in [-0.2, 0) is 0 Å². The normalized spacial score (nSPS) is 10.7. The van der Waals surface area contributed by atoms with Crippen LogP contribution in [-0.4, -0.2) is 4.98 Å². The van der Waals surface area contributed by atoms with E-state index in [4.69, 9.17) is 4.98 Å². The van der Waals surface area contributed by atoms with E-state index in [9.17, 15) is 0 Å². The van der Waals surface area contributed by atoms with E-state index < -0.39 is 0 Å².